The van der Waals surface area contributed by atoms with E-state index in [0.717, 1.165) is 50.8 Å². The molecule has 0 saturated heterocycles. The van der Waals surface area contributed by atoms with Crippen LogP contribution in [-0.4, -0.2) is 0 Å². The van der Waals surface area contributed by atoms with Gasteiger partial charge in [-0.05, 0) is 92.0 Å². The lowest BCUT2D eigenvalue weighted by molar-refractivity contribution is 0.355. The molecule has 9 aromatic carbocycles. The third-order valence-corrected chi connectivity index (χ3v) is 12.1. The molecule has 1 aliphatic heterocycles. The normalized spacial score (nSPS) is 13.2. The van der Waals surface area contributed by atoms with Crippen LogP contribution in [0.25, 0.3) is 44.5 Å². The van der Waals surface area contributed by atoms with Crippen LogP contribution in [0.1, 0.15) is 22.3 Å². The van der Waals surface area contributed by atoms with Gasteiger partial charge in [0.1, 0.15) is 0 Å². The lowest BCUT2D eigenvalue weighted by Crippen LogP contribution is -2.26. The maximum atomic E-state index is 7.29. The molecule has 0 amide bonds. The Hall–Kier alpha value is -7.62. The van der Waals surface area contributed by atoms with Crippen molar-refractivity contribution in [1.82, 2.24) is 0 Å². The molecule has 58 heavy (non-hydrogen) atoms. The average Bonchev–Trinajstić information content (AvgIpc) is 3.77. The zero-order valence-corrected chi connectivity index (χ0v) is 31.5. The van der Waals surface area contributed by atoms with Crippen molar-refractivity contribution < 1.29 is 9.47 Å². The van der Waals surface area contributed by atoms with Gasteiger partial charge < -0.3 is 14.4 Å². The number of rotatable bonds is 5. The standard InChI is InChI=1S/C55H35NO2/c1-3-16-36(17-4-1)38-20-15-21-39(34-38)56(49-29-14-10-22-41(49)37-18-5-2-6-19-37)40-30-32-50-52(35-40)58-54-51(57-50)33-31-45-44-25-9-13-28-48(44)55(53(45)54)46-26-11-7-23-42(46)43-24-8-12-27-47(43)55/h1-35H. The van der Waals surface area contributed by atoms with Crippen LogP contribution in [0.15, 0.2) is 212 Å². The summed E-state index contributed by atoms with van der Waals surface area (Å²) < 4.78 is 14.1. The first-order valence-corrected chi connectivity index (χ1v) is 19.8. The average molecular weight is 742 g/mol. The fourth-order valence-corrected chi connectivity index (χ4v) is 9.76. The van der Waals surface area contributed by atoms with Crippen LogP contribution in [0.3, 0.4) is 0 Å². The molecule has 0 fully saturated rings. The number of anilines is 3. The second-order valence-corrected chi connectivity index (χ2v) is 15.2. The molecule has 3 nitrogen and oxygen atoms in total. The van der Waals surface area contributed by atoms with Crippen molar-refractivity contribution in [3.8, 4) is 67.5 Å². The number of benzene rings is 9. The zero-order chi connectivity index (χ0) is 38.2. The molecule has 2 aliphatic carbocycles. The summed E-state index contributed by atoms with van der Waals surface area (Å²) in [6, 6.07) is 75.7. The lowest BCUT2D eigenvalue weighted by atomic mass is 9.70. The topological polar surface area (TPSA) is 21.7 Å². The summed E-state index contributed by atoms with van der Waals surface area (Å²) >= 11 is 0. The molecular formula is C55H35NO2. The monoisotopic (exact) mass is 741 g/mol. The highest BCUT2D eigenvalue weighted by molar-refractivity contribution is 5.97. The molecule has 0 radical (unpaired) electrons. The van der Waals surface area contributed by atoms with Gasteiger partial charge in [-0.3, -0.25) is 0 Å². The van der Waals surface area contributed by atoms with Crippen molar-refractivity contribution in [2.75, 3.05) is 4.90 Å². The molecule has 0 saturated carbocycles. The van der Waals surface area contributed by atoms with Gasteiger partial charge in [0.05, 0.1) is 16.8 Å². The van der Waals surface area contributed by atoms with Crippen molar-refractivity contribution in [1.29, 1.82) is 0 Å². The van der Waals surface area contributed by atoms with Gasteiger partial charge >= 0.3 is 0 Å². The van der Waals surface area contributed by atoms with Gasteiger partial charge in [-0.25, -0.2) is 0 Å². The maximum Gasteiger partial charge on any atom is 0.175 e. The minimum absolute atomic E-state index is 0.568. The Morgan fingerprint density at radius 3 is 1.55 bits per heavy atom. The van der Waals surface area contributed by atoms with Gasteiger partial charge in [0.15, 0.2) is 23.0 Å². The molecule has 1 heterocycles. The second kappa shape index (κ2) is 12.7. The summed E-state index contributed by atoms with van der Waals surface area (Å²) in [6.45, 7) is 0. The molecule has 1 spiro atoms. The smallest absolute Gasteiger partial charge is 0.175 e. The third-order valence-electron chi connectivity index (χ3n) is 12.1. The molecule has 272 valence electrons. The highest BCUT2D eigenvalue weighted by Crippen LogP contribution is 2.67. The quantitative estimate of drug-likeness (QED) is 0.175. The highest BCUT2D eigenvalue weighted by Gasteiger charge is 2.54. The van der Waals surface area contributed by atoms with Gasteiger partial charge in [0.25, 0.3) is 0 Å². The minimum atomic E-state index is -0.568. The van der Waals surface area contributed by atoms with E-state index in [-0.39, 0.29) is 0 Å². The number of ether oxygens (including phenoxy) is 2. The predicted octanol–water partition coefficient (Wildman–Crippen LogP) is 14.7. The summed E-state index contributed by atoms with van der Waals surface area (Å²) in [5.41, 5.74) is 16.9. The van der Waals surface area contributed by atoms with Crippen LogP contribution in [0.2, 0.25) is 0 Å². The fourth-order valence-electron chi connectivity index (χ4n) is 9.76. The van der Waals surface area contributed by atoms with E-state index in [4.69, 9.17) is 9.47 Å². The van der Waals surface area contributed by atoms with Crippen molar-refractivity contribution in [3.05, 3.63) is 235 Å². The first-order valence-electron chi connectivity index (χ1n) is 19.8. The number of fused-ring (bicyclic) bond motifs is 13. The van der Waals surface area contributed by atoms with Gasteiger partial charge in [-0.15, -0.1) is 0 Å². The van der Waals surface area contributed by atoms with Crippen molar-refractivity contribution in [3.63, 3.8) is 0 Å². The van der Waals surface area contributed by atoms with E-state index < -0.39 is 5.41 Å². The second-order valence-electron chi connectivity index (χ2n) is 15.2. The molecule has 3 aliphatic rings. The van der Waals surface area contributed by atoms with Crippen LogP contribution in [0.5, 0.6) is 23.0 Å². The van der Waals surface area contributed by atoms with E-state index in [1.165, 1.54) is 44.5 Å². The first kappa shape index (κ1) is 32.6. The van der Waals surface area contributed by atoms with Crippen LogP contribution >= 0.6 is 0 Å². The Balaban J connectivity index is 1.05. The van der Waals surface area contributed by atoms with E-state index in [1.54, 1.807) is 0 Å². The molecule has 9 aromatic rings. The molecule has 12 rings (SSSR count). The van der Waals surface area contributed by atoms with Gasteiger partial charge in [0, 0.05) is 22.9 Å². The number of para-hydroxylation sites is 1. The van der Waals surface area contributed by atoms with Crippen LogP contribution < -0.4 is 14.4 Å². The van der Waals surface area contributed by atoms with E-state index in [9.17, 15) is 0 Å². The van der Waals surface area contributed by atoms with E-state index in [1.807, 2.05) is 6.07 Å². The van der Waals surface area contributed by atoms with Gasteiger partial charge in [-0.2, -0.15) is 0 Å². The molecular weight excluding hydrogens is 707 g/mol. The van der Waals surface area contributed by atoms with Gasteiger partial charge in [-0.1, -0.05) is 170 Å². The Bertz CT molecular complexity index is 3010. The molecule has 0 bridgehead atoms. The number of hydrogen-bond donors (Lipinski definition) is 0. The fraction of sp³-hybridized carbons (Fsp3) is 0.0182. The number of nitrogens with zero attached hydrogens (tertiary/aromatic N) is 1. The first-order chi connectivity index (χ1) is 28.8. The minimum Gasteiger partial charge on any atom is -0.449 e. The summed E-state index contributed by atoms with van der Waals surface area (Å²) in [4.78, 5) is 2.34. The van der Waals surface area contributed by atoms with Crippen LogP contribution in [-0.2, 0) is 5.41 Å². The van der Waals surface area contributed by atoms with Crippen molar-refractivity contribution in [2.45, 2.75) is 5.41 Å². The summed E-state index contributed by atoms with van der Waals surface area (Å²) in [5, 5.41) is 0. The Kier molecular flexibility index (Phi) is 7.14. The van der Waals surface area contributed by atoms with E-state index in [2.05, 4.69) is 211 Å². The van der Waals surface area contributed by atoms with Crippen LogP contribution in [0, 0.1) is 0 Å². The van der Waals surface area contributed by atoms with Crippen molar-refractivity contribution in [2.24, 2.45) is 0 Å². The zero-order valence-electron chi connectivity index (χ0n) is 31.5. The summed E-state index contributed by atoms with van der Waals surface area (Å²) in [6.07, 6.45) is 0. The summed E-state index contributed by atoms with van der Waals surface area (Å²) in [7, 11) is 0. The molecule has 0 aromatic heterocycles. The Morgan fingerprint density at radius 1 is 0.328 bits per heavy atom. The maximum absolute atomic E-state index is 7.29. The predicted molar refractivity (Wildman–Crippen MR) is 235 cm³/mol. The molecule has 0 unspecified atom stereocenters. The molecule has 0 atom stereocenters. The van der Waals surface area contributed by atoms with E-state index in [0.29, 0.717) is 11.5 Å². The lowest BCUT2D eigenvalue weighted by Gasteiger charge is -2.34. The van der Waals surface area contributed by atoms with E-state index >= 15 is 0 Å². The SMILES string of the molecule is c1ccc(-c2cccc(N(c3ccc4c(c3)Oc3c(ccc5c3C3(c6ccccc6-c6ccccc63)c3ccccc3-5)O4)c3ccccc3-c3ccccc3)c2)cc1. The third kappa shape index (κ3) is 4.68. The molecule has 3 heteroatoms. The number of hydrogen-bond acceptors (Lipinski definition) is 3. The summed E-state index contributed by atoms with van der Waals surface area (Å²) in [5.74, 6) is 2.83. The van der Waals surface area contributed by atoms with Crippen molar-refractivity contribution >= 4 is 17.1 Å². The highest BCUT2D eigenvalue weighted by atomic mass is 16.6. The molecule has 0 N–H and O–H groups in total. The van der Waals surface area contributed by atoms with Crippen LogP contribution in [0.4, 0.5) is 17.1 Å². The Morgan fingerprint density at radius 2 is 0.862 bits per heavy atom. The van der Waals surface area contributed by atoms with Gasteiger partial charge in [0.2, 0.25) is 0 Å². The largest absolute Gasteiger partial charge is 0.449 e. The Labute approximate surface area is 337 Å².